The van der Waals surface area contributed by atoms with E-state index < -0.39 is 5.97 Å². The lowest BCUT2D eigenvalue weighted by Crippen LogP contribution is -2.13. The summed E-state index contributed by atoms with van der Waals surface area (Å²) in [6.45, 7) is 2.06. The zero-order valence-electron chi connectivity index (χ0n) is 8.46. The molecule has 1 aliphatic rings. The number of hydrogen-bond donors (Lipinski definition) is 1. The van der Waals surface area contributed by atoms with Gasteiger partial charge in [0.2, 0.25) is 0 Å². The first-order chi connectivity index (χ1) is 6.18. The maximum atomic E-state index is 10.5. The Morgan fingerprint density at radius 2 is 2.00 bits per heavy atom. The van der Waals surface area contributed by atoms with Crippen LogP contribution in [0.5, 0.6) is 0 Å². The number of carboxylic acids is 1. The predicted molar refractivity (Wildman–Crippen MR) is 52.6 cm³/mol. The molecule has 0 aromatic carbocycles. The van der Waals surface area contributed by atoms with Crippen molar-refractivity contribution < 1.29 is 9.90 Å². The molecule has 1 fully saturated rings. The topological polar surface area (TPSA) is 37.3 Å². The highest BCUT2D eigenvalue weighted by molar-refractivity contribution is 5.66. The zero-order chi connectivity index (χ0) is 9.68. The average Bonchev–Trinajstić information content (AvgIpc) is 2.04. The van der Waals surface area contributed by atoms with Crippen molar-refractivity contribution in [3.8, 4) is 0 Å². The van der Waals surface area contributed by atoms with Gasteiger partial charge in [0.15, 0.2) is 0 Å². The van der Waals surface area contributed by atoms with Crippen molar-refractivity contribution >= 4 is 5.97 Å². The number of hydrogen-bond acceptors (Lipinski definition) is 1. The van der Waals surface area contributed by atoms with Crippen LogP contribution >= 0.6 is 0 Å². The first-order valence-electron chi connectivity index (χ1n) is 5.40. The van der Waals surface area contributed by atoms with Gasteiger partial charge in [-0.15, -0.1) is 0 Å². The first-order valence-corrected chi connectivity index (χ1v) is 5.40. The van der Waals surface area contributed by atoms with Gasteiger partial charge < -0.3 is 5.11 Å². The molecule has 1 N–H and O–H groups in total. The van der Waals surface area contributed by atoms with Crippen molar-refractivity contribution in [1.82, 2.24) is 0 Å². The first kappa shape index (κ1) is 10.6. The van der Waals surface area contributed by atoms with E-state index in [2.05, 4.69) is 6.92 Å². The number of carboxylic acid groups (broad SMARTS) is 1. The molecule has 0 aromatic rings. The zero-order valence-corrected chi connectivity index (χ0v) is 8.46. The van der Waals surface area contributed by atoms with Gasteiger partial charge in [-0.2, -0.15) is 0 Å². The maximum Gasteiger partial charge on any atom is 0.303 e. The second kappa shape index (κ2) is 5.25. The van der Waals surface area contributed by atoms with Gasteiger partial charge in [0.25, 0.3) is 0 Å². The lowest BCUT2D eigenvalue weighted by atomic mass is 9.82. The second-order valence-corrected chi connectivity index (χ2v) is 4.44. The van der Waals surface area contributed by atoms with E-state index in [4.69, 9.17) is 5.11 Å². The fourth-order valence-electron chi connectivity index (χ4n) is 2.37. The van der Waals surface area contributed by atoms with E-state index in [1.165, 1.54) is 32.1 Å². The van der Waals surface area contributed by atoms with Crippen LogP contribution in [0, 0.1) is 11.8 Å². The van der Waals surface area contributed by atoms with Crippen LogP contribution in [0.25, 0.3) is 0 Å². The minimum absolute atomic E-state index is 0.344. The molecule has 0 bridgehead atoms. The van der Waals surface area contributed by atoms with Crippen molar-refractivity contribution in [2.75, 3.05) is 0 Å². The van der Waals surface area contributed by atoms with Crippen molar-refractivity contribution in [2.45, 2.75) is 51.9 Å². The Morgan fingerprint density at radius 1 is 1.38 bits per heavy atom. The molecule has 76 valence electrons. The van der Waals surface area contributed by atoms with Crippen LogP contribution in [0.1, 0.15) is 51.9 Å². The van der Waals surface area contributed by atoms with Gasteiger partial charge in [-0.1, -0.05) is 39.0 Å². The normalized spacial score (nSPS) is 21.3. The summed E-state index contributed by atoms with van der Waals surface area (Å²) in [7, 11) is 0. The summed E-state index contributed by atoms with van der Waals surface area (Å²) in [6.07, 6.45) is 8.19. The van der Waals surface area contributed by atoms with Gasteiger partial charge in [0.1, 0.15) is 0 Å². The molecule has 1 atom stereocenters. The van der Waals surface area contributed by atoms with Gasteiger partial charge >= 0.3 is 5.97 Å². The molecular weight excluding hydrogens is 164 g/mol. The molecule has 0 aliphatic heterocycles. The monoisotopic (exact) mass is 184 g/mol. The summed E-state index contributed by atoms with van der Waals surface area (Å²) < 4.78 is 0. The molecule has 1 saturated carbocycles. The van der Waals surface area contributed by atoms with Crippen LogP contribution in [-0.2, 0) is 4.79 Å². The summed E-state index contributed by atoms with van der Waals surface area (Å²) in [4.78, 5) is 10.5. The molecule has 0 radical (unpaired) electrons. The van der Waals surface area contributed by atoms with Gasteiger partial charge in [0, 0.05) is 6.42 Å². The molecular formula is C11H20O2. The third-order valence-corrected chi connectivity index (χ3v) is 2.98. The Labute approximate surface area is 80.3 Å². The average molecular weight is 184 g/mol. The van der Waals surface area contributed by atoms with Crippen molar-refractivity contribution in [3.63, 3.8) is 0 Å². The van der Waals surface area contributed by atoms with Gasteiger partial charge in [-0.3, -0.25) is 4.79 Å². The molecule has 0 heterocycles. The molecule has 1 rings (SSSR count). The molecule has 2 nitrogen and oxygen atoms in total. The van der Waals surface area contributed by atoms with E-state index in [1.807, 2.05) is 0 Å². The third kappa shape index (κ3) is 4.30. The van der Waals surface area contributed by atoms with E-state index >= 15 is 0 Å². The molecule has 0 saturated heterocycles. The fourth-order valence-corrected chi connectivity index (χ4v) is 2.37. The van der Waals surface area contributed by atoms with Crippen molar-refractivity contribution in [1.29, 1.82) is 0 Å². The number of rotatable bonds is 4. The molecule has 0 aromatic heterocycles. The molecule has 13 heavy (non-hydrogen) atoms. The van der Waals surface area contributed by atoms with E-state index in [1.54, 1.807) is 0 Å². The highest BCUT2D eigenvalue weighted by Crippen LogP contribution is 2.29. The second-order valence-electron chi connectivity index (χ2n) is 4.44. The van der Waals surface area contributed by atoms with Gasteiger partial charge in [-0.05, 0) is 18.3 Å². The molecule has 0 spiro atoms. The lowest BCUT2D eigenvalue weighted by molar-refractivity contribution is -0.138. The summed E-state index contributed by atoms with van der Waals surface area (Å²) >= 11 is 0. The summed E-state index contributed by atoms with van der Waals surface area (Å²) in [6, 6.07) is 0. The Kier molecular flexibility index (Phi) is 4.26. The van der Waals surface area contributed by atoms with Crippen LogP contribution in [0.4, 0.5) is 0 Å². The van der Waals surface area contributed by atoms with E-state index in [9.17, 15) is 4.79 Å². The Hall–Kier alpha value is -0.530. The fraction of sp³-hybridized carbons (Fsp3) is 0.909. The Bertz CT molecular complexity index is 159. The SMILES string of the molecule is C[C@H](CC(=O)O)CC1CCCCC1. The highest BCUT2D eigenvalue weighted by Gasteiger charge is 2.17. The summed E-state index contributed by atoms with van der Waals surface area (Å²) in [5, 5.41) is 8.61. The minimum atomic E-state index is -0.650. The highest BCUT2D eigenvalue weighted by atomic mass is 16.4. The largest absolute Gasteiger partial charge is 0.481 e. The van der Waals surface area contributed by atoms with Crippen molar-refractivity contribution in [3.05, 3.63) is 0 Å². The Morgan fingerprint density at radius 3 is 2.54 bits per heavy atom. The molecule has 1 aliphatic carbocycles. The number of carbonyl (C=O) groups is 1. The maximum absolute atomic E-state index is 10.5. The lowest BCUT2D eigenvalue weighted by Gasteiger charge is -2.23. The standard InChI is InChI=1S/C11H20O2/c1-9(8-11(12)13)7-10-5-3-2-4-6-10/h9-10H,2-8H2,1H3,(H,12,13)/t9-/m0/s1. The summed E-state index contributed by atoms with van der Waals surface area (Å²) in [5.41, 5.74) is 0. The van der Waals surface area contributed by atoms with Crippen LogP contribution < -0.4 is 0 Å². The predicted octanol–water partition coefficient (Wildman–Crippen LogP) is 3.07. The third-order valence-electron chi connectivity index (χ3n) is 2.98. The smallest absolute Gasteiger partial charge is 0.303 e. The van der Waals surface area contributed by atoms with E-state index in [0.29, 0.717) is 12.3 Å². The number of aliphatic carboxylic acids is 1. The summed E-state index contributed by atoms with van der Waals surface area (Å²) in [5.74, 6) is 0.520. The molecule has 0 amide bonds. The van der Waals surface area contributed by atoms with Gasteiger partial charge in [0.05, 0.1) is 0 Å². The van der Waals surface area contributed by atoms with E-state index in [0.717, 1.165) is 12.3 Å². The Balaban J connectivity index is 2.18. The van der Waals surface area contributed by atoms with Crippen LogP contribution in [0.2, 0.25) is 0 Å². The quantitative estimate of drug-likeness (QED) is 0.729. The minimum Gasteiger partial charge on any atom is -0.481 e. The molecule has 0 unspecified atom stereocenters. The van der Waals surface area contributed by atoms with Crippen molar-refractivity contribution in [2.24, 2.45) is 11.8 Å². The van der Waals surface area contributed by atoms with Crippen LogP contribution in [0.3, 0.4) is 0 Å². The molecule has 2 heteroatoms. The van der Waals surface area contributed by atoms with Gasteiger partial charge in [-0.25, -0.2) is 0 Å². The van der Waals surface area contributed by atoms with Crippen LogP contribution in [-0.4, -0.2) is 11.1 Å². The van der Waals surface area contributed by atoms with E-state index in [-0.39, 0.29) is 0 Å². The van der Waals surface area contributed by atoms with Crippen LogP contribution in [0.15, 0.2) is 0 Å².